The molecule has 8 heteroatoms. The quantitative estimate of drug-likeness (QED) is 0.375. The molecule has 0 unspecified atom stereocenters. The Hall–Kier alpha value is -4.46. The molecule has 0 aliphatic carbocycles. The molecular formula is C26H23N5O3. The summed E-state index contributed by atoms with van der Waals surface area (Å²) in [5.41, 5.74) is 4.34. The van der Waals surface area contributed by atoms with E-state index in [-0.39, 0.29) is 12.3 Å². The Bertz CT molecular complexity index is 1440. The van der Waals surface area contributed by atoms with Crippen LogP contribution in [0.2, 0.25) is 0 Å². The summed E-state index contributed by atoms with van der Waals surface area (Å²) >= 11 is 0. The third-order valence-electron chi connectivity index (χ3n) is 5.47. The number of nitrogens with zero attached hydrogens (tertiary/aromatic N) is 4. The summed E-state index contributed by atoms with van der Waals surface area (Å²) < 4.78 is 12.4. The molecular weight excluding hydrogens is 430 g/mol. The number of aromatic nitrogens is 4. The maximum Gasteiger partial charge on any atom is 0.227 e. The van der Waals surface area contributed by atoms with Crippen LogP contribution in [-0.2, 0) is 11.2 Å². The highest BCUT2D eigenvalue weighted by Crippen LogP contribution is 2.29. The van der Waals surface area contributed by atoms with Crippen LogP contribution < -0.4 is 10.1 Å². The average Bonchev–Trinajstić information content (AvgIpc) is 3.48. The highest BCUT2D eigenvalue weighted by atomic mass is 16.5. The van der Waals surface area contributed by atoms with E-state index in [1.165, 1.54) is 0 Å². The standard InChI is InChI=1S/C26H23N5O3/c1-17-14-15-31-21(16-17)27-24(18-6-4-3-5-7-18)26(31)28-22(32)12-13-23-29-25(30-34-23)19-8-10-20(33-2)11-9-19/h3-11,14-16H,12-13H2,1-2H3,(H,28,32). The molecule has 0 radical (unpaired) electrons. The molecule has 5 aromatic rings. The number of hydrogen-bond acceptors (Lipinski definition) is 6. The number of imidazole rings is 1. The minimum absolute atomic E-state index is 0.163. The normalized spacial score (nSPS) is 11.0. The predicted molar refractivity (Wildman–Crippen MR) is 129 cm³/mol. The Morgan fingerprint density at radius 1 is 1.03 bits per heavy atom. The van der Waals surface area contributed by atoms with E-state index >= 15 is 0 Å². The van der Waals surface area contributed by atoms with Crippen molar-refractivity contribution in [2.45, 2.75) is 19.8 Å². The lowest BCUT2D eigenvalue weighted by atomic mass is 10.1. The number of ether oxygens (including phenoxy) is 1. The molecule has 0 saturated heterocycles. The molecule has 34 heavy (non-hydrogen) atoms. The Kier molecular flexibility index (Phi) is 5.78. The fourth-order valence-corrected chi connectivity index (χ4v) is 3.69. The number of pyridine rings is 1. The lowest BCUT2D eigenvalue weighted by molar-refractivity contribution is -0.116. The van der Waals surface area contributed by atoms with Gasteiger partial charge in [-0.05, 0) is 48.9 Å². The third kappa shape index (κ3) is 4.38. The first-order valence-corrected chi connectivity index (χ1v) is 10.9. The average molecular weight is 454 g/mol. The molecule has 0 bridgehead atoms. The topological polar surface area (TPSA) is 94.5 Å². The molecule has 1 N–H and O–H groups in total. The van der Waals surface area contributed by atoms with Gasteiger partial charge in [0, 0.05) is 30.2 Å². The number of nitrogens with one attached hydrogen (secondary N) is 1. The third-order valence-corrected chi connectivity index (χ3v) is 5.47. The van der Waals surface area contributed by atoms with Crippen LogP contribution in [-0.4, -0.2) is 32.5 Å². The van der Waals surface area contributed by atoms with E-state index in [0.29, 0.717) is 24.0 Å². The number of carbonyl (C=O) groups is 1. The second kappa shape index (κ2) is 9.19. The molecule has 1 amide bonds. The van der Waals surface area contributed by atoms with Crippen molar-refractivity contribution in [3.8, 4) is 28.4 Å². The summed E-state index contributed by atoms with van der Waals surface area (Å²) in [6, 6.07) is 21.2. The van der Waals surface area contributed by atoms with E-state index in [9.17, 15) is 4.79 Å². The first-order chi connectivity index (χ1) is 16.6. The van der Waals surface area contributed by atoms with Crippen LogP contribution in [0.3, 0.4) is 0 Å². The van der Waals surface area contributed by atoms with Gasteiger partial charge in [0.15, 0.2) is 0 Å². The monoisotopic (exact) mass is 453 g/mol. The zero-order chi connectivity index (χ0) is 23.5. The number of aryl methyl sites for hydroxylation is 2. The highest BCUT2D eigenvalue weighted by molar-refractivity contribution is 5.94. The molecule has 170 valence electrons. The molecule has 8 nitrogen and oxygen atoms in total. The summed E-state index contributed by atoms with van der Waals surface area (Å²) in [6.45, 7) is 2.01. The van der Waals surface area contributed by atoms with Crippen molar-refractivity contribution in [3.63, 3.8) is 0 Å². The van der Waals surface area contributed by atoms with E-state index < -0.39 is 0 Å². The number of benzene rings is 2. The van der Waals surface area contributed by atoms with Crippen molar-refractivity contribution in [2.24, 2.45) is 0 Å². The van der Waals surface area contributed by atoms with Gasteiger partial charge in [0.2, 0.25) is 17.6 Å². The van der Waals surface area contributed by atoms with Crippen molar-refractivity contribution in [1.82, 2.24) is 19.5 Å². The lowest BCUT2D eigenvalue weighted by Crippen LogP contribution is -2.14. The van der Waals surface area contributed by atoms with Gasteiger partial charge in [-0.25, -0.2) is 4.98 Å². The van der Waals surface area contributed by atoms with Gasteiger partial charge in [-0.1, -0.05) is 35.5 Å². The summed E-state index contributed by atoms with van der Waals surface area (Å²) in [6.07, 6.45) is 2.43. The predicted octanol–water partition coefficient (Wildman–Crippen LogP) is 4.94. The zero-order valence-corrected chi connectivity index (χ0v) is 18.9. The van der Waals surface area contributed by atoms with E-state index in [2.05, 4.69) is 15.5 Å². The van der Waals surface area contributed by atoms with Crippen molar-refractivity contribution in [3.05, 3.63) is 84.4 Å². The van der Waals surface area contributed by atoms with Gasteiger partial charge in [-0.15, -0.1) is 0 Å². The van der Waals surface area contributed by atoms with Gasteiger partial charge in [0.1, 0.15) is 22.9 Å². The van der Waals surface area contributed by atoms with E-state index in [1.807, 2.05) is 84.3 Å². The van der Waals surface area contributed by atoms with Crippen LogP contribution in [0, 0.1) is 6.92 Å². The molecule has 0 aliphatic rings. The van der Waals surface area contributed by atoms with Gasteiger partial charge in [0.25, 0.3) is 0 Å². The fraction of sp³-hybridized carbons (Fsp3) is 0.154. The summed E-state index contributed by atoms with van der Waals surface area (Å²) in [7, 11) is 1.61. The minimum Gasteiger partial charge on any atom is -0.497 e. The number of fused-ring (bicyclic) bond motifs is 1. The number of anilines is 1. The number of amides is 1. The number of methoxy groups -OCH3 is 1. The Morgan fingerprint density at radius 2 is 1.82 bits per heavy atom. The SMILES string of the molecule is COc1ccc(-c2noc(CCC(=O)Nc3c(-c4ccccc4)nc4cc(C)ccn34)n2)cc1. The summed E-state index contributed by atoms with van der Waals surface area (Å²) in [5, 5.41) is 7.06. The van der Waals surface area contributed by atoms with Gasteiger partial charge in [-0.3, -0.25) is 9.20 Å². The first-order valence-electron chi connectivity index (χ1n) is 10.9. The van der Waals surface area contributed by atoms with Gasteiger partial charge < -0.3 is 14.6 Å². The molecule has 5 rings (SSSR count). The van der Waals surface area contributed by atoms with Crippen LogP contribution in [0.15, 0.2) is 77.4 Å². The van der Waals surface area contributed by atoms with Gasteiger partial charge in [0.05, 0.1) is 7.11 Å². The molecule has 0 fully saturated rings. The summed E-state index contributed by atoms with van der Waals surface area (Å²) in [5.74, 6) is 2.10. The molecule has 2 aromatic carbocycles. The maximum absolute atomic E-state index is 12.9. The highest BCUT2D eigenvalue weighted by Gasteiger charge is 2.17. The molecule has 0 spiro atoms. The number of carbonyl (C=O) groups excluding carboxylic acids is 1. The summed E-state index contributed by atoms with van der Waals surface area (Å²) in [4.78, 5) is 22.0. The van der Waals surface area contributed by atoms with Crippen LogP contribution in [0.25, 0.3) is 28.3 Å². The minimum atomic E-state index is -0.163. The first kappa shape index (κ1) is 21.4. The van der Waals surface area contributed by atoms with Crippen molar-refractivity contribution < 1.29 is 14.1 Å². The molecule has 0 atom stereocenters. The largest absolute Gasteiger partial charge is 0.497 e. The Morgan fingerprint density at radius 3 is 2.59 bits per heavy atom. The Balaban J connectivity index is 1.32. The van der Waals surface area contributed by atoms with Crippen LogP contribution in [0.1, 0.15) is 17.9 Å². The Labute approximate surface area is 196 Å². The molecule has 0 saturated carbocycles. The number of hydrogen-bond donors (Lipinski definition) is 1. The van der Waals surface area contributed by atoms with Crippen LogP contribution in [0.5, 0.6) is 5.75 Å². The number of rotatable bonds is 7. The van der Waals surface area contributed by atoms with Crippen molar-refractivity contribution in [1.29, 1.82) is 0 Å². The zero-order valence-electron chi connectivity index (χ0n) is 18.9. The van der Waals surface area contributed by atoms with Crippen LogP contribution >= 0.6 is 0 Å². The molecule has 3 heterocycles. The van der Waals surface area contributed by atoms with Crippen molar-refractivity contribution in [2.75, 3.05) is 12.4 Å². The van der Waals surface area contributed by atoms with E-state index in [0.717, 1.165) is 33.8 Å². The molecule has 0 aliphatic heterocycles. The van der Waals surface area contributed by atoms with E-state index in [1.54, 1.807) is 7.11 Å². The lowest BCUT2D eigenvalue weighted by Gasteiger charge is -2.07. The van der Waals surface area contributed by atoms with Gasteiger partial charge in [-0.2, -0.15) is 4.98 Å². The smallest absolute Gasteiger partial charge is 0.227 e. The van der Waals surface area contributed by atoms with Crippen LogP contribution in [0.4, 0.5) is 5.82 Å². The second-order valence-electron chi connectivity index (χ2n) is 7.90. The second-order valence-corrected chi connectivity index (χ2v) is 7.90. The van der Waals surface area contributed by atoms with E-state index in [4.69, 9.17) is 14.2 Å². The molecule has 3 aromatic heterocycles. The fourth-order valence-electron chi connectivity index (χ4n) is 3.69. The van der Waals surface area contributed by atoms with Gasteiger partial charge >= 0.3 is 0 Å². The maximum atomic E-state index is 12.9. The van der Waals surface area contributed by atoms with Crippen molar-refractivity contribution >= 4 is 17.4 Å².